The van der Waals surface area contributed by atoms with Crippen LogP contribution in [0.1, 0.15) is 0 Å². The quantitative estimate of drug-likeness (QED) is 0.189. The van der Waals surface area contributed by atoms with Crippen molar-refractivity contribution in [3.63, 3.8) is 0 Å². The van der Waals surface area contributed by atoms with Crippen LogP contribution in [-0.2, 0) is 0 Å². The van der Waals surface area contributed by atoms with E-state index in [1.165, 1.54) is 40.4 Å². The van der Waals surface area contributed by atoms with Crippen molar-refractivity contribution in [1.29, 1.82) is 0 Å². The van der Waals surface area contributed by atoms with Crippen LogP contribution in [0.4, 0.5) is 31.9 Å². The Bertz CT molecular complexity index is 1270. The Morgan fingerprint density at radius 1 is 0.353 bits per heavy atom. The summed E-state index contributed by atoms with van der Waals surface area (Å²) in [4.78, 5) is 4.85. The summed E-state index contributed by atoms with van der Waals surface area (Å²) in [5, 5.41) is 0. The molecule has 0 N–H and O–H groups in total. The Morgan fingerprint density at radius 3 is 0.882 bits per heavy atom. The molecule has 0 bridgehead atoms. The van der Waals surface area contributed by atoms with E-state index in [9.17, 15) is 0 Å². The number of rotatable bonds is 6. The molecule has 0 unspecified atom stereocenters. The number of hydrogen-bond donors (Lipinski definition) is 0. The Hall–Kier alpha value is -3.26. The van der Waals surface area contributed by atoms with Gasteiger partial charge in [-0.15, -0.1) is 0 Å². The van der Waals surface area contributed by atoms with Crippen LogP contribution in [0.3, 0.4) is 0 Å². The molecule has 0 aliphatic rings. The summed E-state index contributed by atoms with van der Waals surface area (Å²) in [5.41, 5.74) is 4.87. The third kappa shape index (κ3) is 4.18. The second kappa shape index (κ2) is 9.54. The first-order valence-electron chi connectivity index (χ1n) is 11.2. The number of benzene rings is 4. The van der Waals surface area contributed by atoms with Crippen molar-refractivity contribution in [2.45, 2.75) is 0 Å². The molecule has 0 spiro atoms. The van der Waals surface area contributed by atoms with Gasteiger partial charge in [-0.3, -0.25) is 0 Å². The van der Waals surface area contributed by atoms with Crippen LogP contribution in [-0.4, -0.2) is 29.0 Å². The summed E-state index contributed by atoms with van der Waals surface area (Å²) in [6.07, 6.45) is 0. The van der Waals surface area contributed by atoms with Gasteiger partial charge in [0.2, 0.25) is 0 Å². The number of nitrogens with zero attached hydrogens (tertiary/aromatic N) is 2. The van der Waals surface area contributed by atoms with E-state index in [1.54, 1.807) is 0 Å². The van der Waals surface area contributed by atoms with Crippen LogP contribution in [0, 0.1) is 0 Å². The molecule has 6 rings (SSSR count). The average molecular weight is 568 g/mol. The van der Waals surface area contributed by atoms with Crippen LogP contribution >= 0.6 is 0 Å². The van der Waals surface area contributed by atoms with Gasteiger partial charge in [-0.2, -0.15) is 0 Å². The van der Waals surface area contributed by atoms with Crippen molar-refractivity contribution in [3.8, 4) is 0 Å². The zero-order valence-electron chi connectivity index (χ0n) is 18.4. The van der Waals surface area contributed by atoms with Gasteiger partial charge in [0.25, 0.3) is 0 Å². The zero-order chi connectivity index (χ0) is 22.7. The third-order valence-electron chi connectivity index (χ3n) is 5.68. The molecular formula is C30H22N2Se2. The van der Waals surface area contributed by atoms with E-state index >= 15 is 0 Å². The van der Waals surface area contributed by atoms with Gasteiger partial charge in [0.15, 0.2) is 0 Å². The first-order valence-corrected chi connectivity index (χ1v) is 14.6. The fourth-order valence-corrected chi connectivity index (χ4v) is 10.2. The molecule has 0 atom stereocenters. The predicted molar refractivity (Wildman–Crippen MR) is 147 cm³/mol. The van der Waals surface area contributed by atoms with E-state index in [2.05, 4.69) is 143 Å². The monoisotopic (exact) mass is 570 g/mol. The van der Waals surface area contributed by atoms with E-state index in [0.717, 1.165) is 0 Å². The van der Waals surface area contributed by atoms with Gasteiger partial charge >= 0.3 is 213 Å². The fourth-order valence-electron chi connectivity index (χ4n) is 4.15. The molecule has 164 valence electrons. The molecule has 0 saturated heterocycles. The van der Waals surface area contributed by atoms with Crippen molar-refractivity contribution in [2.24, 2.45) is 0 Å². The van der Waals surface area contributed by atoms with E-state index in [-0.39, 0.29) is 29.0 Å². The molecule has 4 aromatic carbocycles. The fraction of sp³-hybridized carbons (Fsp3) is 0. The number of para-hydroxylation sites is 4. The molecule has 4 heteroatoms. The average Bonchev–Trinajstić information content (AvgIpc) is 3.46. The van der Waals surface area contributed by atoms with Crippen molar-refractivity contribution >= 4 is 69.4 Å². The summed E-state index contributed by atoms with van der Waals surface area (Å²) >= 11 is 0.507. The van der Waals surface area contributed by atoms with Crippen LogP contribution in [0.25, 0.3) is 8.52 Å². The van der Waals surface area contributed by atoms with Gasteiger partial charge in [0, 0.05) is 0 Å². The summed E-state index contributed by atoms with van der Waals surface area (Å²) < 4.78 is 5.81. The van der Waals surface area contributed by atoms with Crippen LogP contribution in [0.5, 0.6) is 0 Å². The molecule has 0 saturated carbocycles. The Morgan fingerprint density at radius 2 is 0.618 bits per heavy atom. The van der Waals surface area contributed by atoms with Crippen molar-refractivity contribution in [1.82, 2.24) is 0 Å². The summed E-state index contributed by atoms with van der Waals surface area (Å²) in [5.74, 6) is 0. The zero-order valence-corrected chi connectivity index (χ0v) is 21.8. The second-order valence-corrected chi connectivity index (χ2v) is 12.4. The van der Waals surface area contributed by atoms with Crippen LogP contribution in [0.2, 0.25) is 0 Å². The van der Waals surface area contributed by atoms with Crippen molar-refractivity contribution in [3.05, 3.63) is 133 Å². The predicted octanol–water partition coefficient (Wildman–Crippen LogP) is 7.89. The Labute approximate surface area is 211 Å². The van der Waals surface area contributed by atoms with Crippen molar-refractivity contribution in [2.75, 3.05) is 9.80 Å². The molecule has 0 aliphatic carbocycles. The molecule has 2 nitrogen and oxygen atoms in total. The second-order valence-electron chi connectivity index (χ2n) is 7.91. The van der Waals surface area contributed by atoms with Crippen molar-refractivity contribution < 1.29 is 0 Å². The first-order chi connectivity index (χ1) is 16.9. The van der Waals surface area contributed by atoms with Gasteiger partial charge in [0.05, 0.1) is 0 Å². The van der Waals surface area contributed by atoms with Gasteiger partial charge in [0.1, 0.15) is 0 Å². The molecule has 2 heterocycles. The maximum absolute atomic E-state index is 2.45. The van der Waals surface area contributed by atoms with Gasteiger partial charge in [-0.1, -0.05) is 0 Å². The summed E-state index contributed by atoms with van der Waals surface area (Å²) in [6.45, 7) is 0. The molecule has 34 heavy (non-hydrogen) atoms. The summed E-state index contributed by atoms with van der Waals surface area (Å²) in [6, 6.07) is 47.8. The van der Waals surface area contributed by atoms with Gasteiger partial charge in [-0.05, 0) is 0 Å². The number of hydrogen-bond acceptors (Lipinski definition) is 2. The van der Waals surface area contributed by atoms with Crippen LogP contribution in [0.15, 0.2) is 133 Å². The Balaban J connectivity index is 1.44. The number of fused-ring (bicyclic) bond motifs is 1. The first kappa shape index (κ1) is 21.3. The van der Waals surface area contributed by atoms with Crippen LogP contribution < -0.4 is 9.80 Å². The van der Waals surface area contributed by atoms with E-state index in [4.69, 9.17) is 0 Å². The standard InChI is InChI=1S/C30H22N2Se2/c1-5-13-23(14-6-1)31(24-15-7-2-8-16-24)29-21-27-28(33-29)22-30(34-27)32(25-17-9-3-10-18-25)26-19-11-4-12-20-26/h1-22H. The number of anilines is 6. The molecule has 0 radical (unpaired) electrons. The third-order valence-corrected chi connectivity index (χ3v) is 10.8. The van der Waals surface area contributed by atoms with E-state index in [1.807, 2.05) is 0 Å². The molecule has 2 aromatic heterocycles. The normalized spacial score (nSPS) is 10.9. The Kier molecular flexibility index (Phi) is 5.97. The molecular weight excluding hydrogens is 546 g/mol. The summed E-state index contributed by atoms with van der Waals surface area (Å²) in [7, 11) is 0. The van der Waals surface area contributed by atoms with E-state index < -0.39 is 0 Å². The van der Waals surface area contributed by atoms with E-state index in [0.29, 0.717) is 0 Å². The minimum atomic E-state index is 0.254. The van der Waals surface area contributed by atoms with Gasteiger partial charge < -0.3 is 0 Å². The maximum atomic E-state index is 2.45. The topological polar surface area (TPSA) is 6.48 Å². The van der Waals surface area contributed by atoms with Gasteiger partial charge in [-0.25, -0.2) is 0 Å². The molecule has 0 aliphatic heterocycles. The molecule has 0 fully saturated rings. The molecule has 6 aromatic rings. The minimum absolute atomic E-state index is 0.254. The SMILES string of the molecule is c1ccc(N(c2ccccc2)c2cc3[se]c(N(c4ccccc4)c4ccccc4)cc3[se]2)cc1. The molecule has 0 amide bonds.